The van der Waals surface area contributed by atoms with Gasteiger partial charge in [0.05, 0.1) is 25.1 Å². The lowest BCUT2D eigenvalue weighted by Crippen LogP contribution is -2.24. The second-order valence-electron chi connectivity index (χ2n) is 7.40. The lowest BCUT2D eigenvalue weighted by Gasteiger charge is -2.21. The molecule has 2 N–H and O–H groups in total. The van der Waals surface area contributed by atoms with E-state index in [0.29, 0.717) is 11.2 Å². The number of ether oxygens (including phenoxy) is 4. The summed E-state index contributed by atoms with van der Waals surface area (Å²) in [5, 5.41) is 0. The van der Waals surface area contributed by atoms with Crippen LogP contribution in [0.15, 0.2) is 12.7 Å². The summed E-state index contributed by atoms with van der Waals surface area (Å²) in [7, 11) is -1.08. The van der Waals surface area contributed by atoms with Crippen molar-refractivity contribution < 1.29 is 42.1 Å². The molecule has 0 bridgehead atoms. The zero-order chi connectivity index (χ0) is 25.3. The third-order valence-electron chi connectivity index (χ3n) is 3.96. The van der Waals surface area contributed by atoms with Crippen LogP contribution in [0.3, 0.4) is 0 Å². The average Bonchev–Trinajstić information content (AvgIpc) is 3.16. The Morgan fingerprint density at radius 2 is 1.79 bits per heavy atom. The molecule has 0 saturated heterocycles. The molecule has 0 aliphatic carbocycles. The van der Waals surface area contributed by atoms with E-state index < -0.39 is 52.0 Å². The Bertz CT molecular complexity index is 1010. The van der Waals surface area contributed by atoms with Gasteiger partial charge in [0.25, 0.3) is 0 Å². The van der Waals surface area contributed by atoms with Crippen LogP contribution in [-0.2, 0) is 39.1 Å². The van der Waals surface area contributed by atoms with Crippen LogP contribution in [-0.4, -0.2) is 82.9 Å². The Labute approximate surface area is 196 Å². The van der Waals surface area contributed by atoms with Gasteiger partial charge in [-0.2, -0.15) is 0 Å². The number of anilines is 1. The zero-order valence-corrected chi connectivity index (χ0v) is 20.5. The molecule has 0 radical (unpaired) electrons. The predicted octanol–water partition coefficient (Wildman–Crippen LogP) is 2.17. The van der Waals surface area contributed by atoms with E-state index in [1.54, 1.807) is 25.3 Å². The van der Waals surface area contributed by atoms with E-state index in [1.807, 2.05) is 0 Å². The molecular weight excluding hydrogens is 475 g/mol. The normalized spacial score (nSPS) is 13.9. The summed E-state index contributed by atoms with van der Waals surface area (Å²) < 4.78 is 45.0. The first-order valence-corrected chi connectivity index (χ1v) is 11.8. The van der Waals surface area contributed by atoms with Crippen molar-refractivity contribution in [3.8, 4) is 0 Å². The van der Waals surface area contributed by atoms with Crippen LogP contribution >= 0.6 is 7.60 Å². The number of hydrogen-bond acceptors (Lipinski definition) is 13. The Kier molecular flexibility index (Phi) is 9.98. The van der Waals surface area contributed by atoms with Crippen LogP contribution in [0, 0.1) is 0 Å². The second kappa shape index (κ2) is 12.5. The molecule has 0 aliphatic heterocycles. The number of fused-ring (bicyclic) bond motifs is 1. The third kappa shape index (κ3) is 8.41. The fraction of sp³-hybridized carbons (Fsp3) is 0.611. The van der Waals surface area contributed by atoms with Crippen LogP contribution in [0.5, 0.6) is 0 Å². The maximum Gasteiger partial charge on any atom is 0.510 e. The van der Waals surface area contributed by atoms with E-state index in [0.717, 1.165) is 4.90 Å². The summed E-state index contributed by atoms with van der Waals surface area (Å²) in [5.74, 6) is 0.242. The van der Waals surface area contributed by atoms with E-state index in [1.165, 1.54) is 26.7 Å². The van der Waals surface area contributed by atoms with Crippen LogP contribution in [0.2, 0.25) is 0 Å². The average molecular weight is 504 g/mol. The number of nitrogen functional groups attached to an aromatic ring is 1. The summed E-state index contributed by atoms with van der Waals surface area (Å²) in [6, 6.07) is 0. The third-order valence-corrected chi connectivity index (χ3v) is 5.42. The van der Waals surface area contributed by atoms with Crippen molar-refractivity contribution in [1.82, 2.24) is 24.4 Å². The first-order valence-electron chi connectivity index (χ1n) is 10.1. The number of nitrogens with zero attached hydrogens (tertiary/aromatic N) is 5. The Hall–Kier alpha value is -3.00. The van der Waals surface area contributed by atoms with Crippen molar-refractivity contribution in [3.63, 3.8) is 0 Å². The number of carbonyl (C=O) groups is 2. The highest BCUT2D eigenvalue weighted by atomic mass is 31.2. The van der Waals surface area contributed by atoms with Crippen molar-refractivity contribution in [2.75, 3.05) is 39.8 Å². The Balaban J connectivity index is 1.96. The molecule has 34 heavy (non-hydrogen) atoms. The second-order valence-corrected chi connectivity index (χ2v) is 9.40. The molecule has 1 amide bonds. The van der Waals surface area contributed by atoms with E-state index in [-0.39, 0.29) is 12.4 Å². The molecule has 15 nitrogen and oxygen atoms in total. The van der Waals surface area contributed by atoms with Crippen LogP contribution in [0.1, 0.15) is 20.8 Å². The molecule has 0 saturated carbocycles. The van der Waals surface area contributed by atoms with Crippen molar-refractivity contribution in [2.24, 2.45) is 0 Å². The number of aromatic nitrogens is 4. The van der Waals surface area contributed by atoms with Crippen molar-refractivity contribution >= 4 is 36.8 Å². The molecule has 2 heterocycles. The summed E-state index contributed by atoms with van der Waals surface area (Å²) in [5.41, 5.74) is 6.74. The van der Waals surface area contributed by atoms with Gasteiger partial charge in [0.15, 0.2) is 11.5 Å². The van der Waals surface area contributed by atoms with Crippen LogP contribution < -0.4 is 5.73 Å². The largest absolute Gasteiger partial charge is 0.510 e. The molecule has 190 valence electrons. The van der Waals surface area contributed by atoms with Gasteiger partial charge >= 0.3 is 19.8 Å². The molecule has 16 heteroatoms. The quantitative estimate of drug-likeness (QED) is 0.253. The smallest absolute Gasteiger partial charge is 0.432 e. The van der Waals surface area contributed by atoms with E-state index in [9.17, 15) is 14.2 Å². The summed E-state index contributed by atoms with van der Waals surface area (Å²) >= 11 is 0. The maximum atomic E-state index is 13.1. The molecule has 2 aromatic rings. The van der Waals surface area contributed by atoms with Gasteiger partial charge in [-0.1, -0.05) is 0 Å². The lowest BCUT2D eigenvalue weighted by molar-refractivity contribution is -0.0276. The number of hydrogen-bond donors (Lipinski definition) is 1. The van der Waals surface area contributed by atoms with E-state index in [4.69, 9.17) is 33.7 Å². The predicted molar refractivity (Wildman–Crippen MR) is 118 cm³/mol. The van der Waals surface area contributed by atoms with Crippen molar-refractivity contribution in [3.05, 3.63) is 12.7 Å². The molecule has 2 rings (SSSR count). The monoisotopic (exact) mass is 504 g/mol. The topological polar surface area (TPSA) is 179 Å². The van der Waals surface area contributed by atoms with Gasteiger partial charge in [0, 0.05) is 14.1 Å². The van der Waals surface area contributed by atoms with E-state index >= 15 is 0 Å². The minimum absolute atomic E-state index is 0.242. The Morgan fingerprint density at radius 1 is 1.12 bits per heavy atom. The molecule has 0 spiro atoms. The summed E-state index contributed by atoms with van der Waals surface area (Å²) in [6.07, 6.45) is -0.336. The van der Waals surface area contributed by atoms with Gasteiger partial charge in [-0.15, -0.1) is 0 Å². The standard InChI is InChI=1S/C18H29N6O9P/c1-12(2)33-18(26)29-10-32-34(27,31-9-28-17(25)23(4)5)11-30-13(3)6-24-8-22-14-15(19)20-7-21-16(14)24/h7-8,12-13H,6,9-11H2,1-5H3,(H2,19,20,21)/t13-,34?/m1/s1. The number of imidazole rings is 1. The molecule has 2 atom stereocenters. The van der Waals surface area contributed by atoms with Gasteiger partial charge in [0.2, 0.25) is 13.6 Å². The zero-order valence-electron chi connectivity index (χ0n) is 19.6. The molecular formula is C18H29N6O9P. The highest BCUT2D eigenvalue weighted by molar-refractivity contribution is 7.53. The number of amides is 1. The van der Waals surface area contributed by atoms with Crippen molar-refractivity contribution in [1.29, 1.82) is 0 Å². The first-order chi connectivity index (χ1) is 16.0. The van der Waals surface area contributed by atoms with Crippen molar-refractivity contribution in [2.45, 2.75) is 39.5 Å². The fourth-order valence-corrected chi connectivity index (χ4v) is 3.45. The fourth-order valence-electron chi connectivity index (χ4n) is 2.36. The highest BCUT2D eigenvalue weighted by Gasteiger charge is 2.28. The van der Waals surface area contributed by atoms with Crippen LogP contribution in [0.4, 0.5) is 15.4 Å². The van der Waals surface area contributed by atoms with Crippen LogP contribution in [0.25, 0.3) is 11.2 Å². The molecule has 0 fully saturated rings. The van der Waals surface area contributed by atoms with Gasteiger partial charge in [-0.25, -0.2) is 24.5 Å². The number of carbonyl (C=O) groups excluding carboxylic acids is 2. The summed E-state index contributed by atoms with van der Waals surface area (Å²) in [6.45, 7) is 3.85. The molecule has 0 aromatic carbocycles. The summed E-state index contributed by atoms with van der Waals surface area (Å²) in [4.78, 5) is 36.4. The maximum absolute atomic E-state index is 13.1. The van der Waals surface area contributed by atoms with Gasteiger partial charge in [-0.05, 0) is 20.8 Å². The van der Waals surface area contributed by atoms with E-state index in [2.05, 4.69) is 15.0 Å². The highest BCUT2D eigenvalue weighted by Crippen LogP contribution is 2.48. The number of rotatable bonds is 12. The van der Waals surface area contributed by atoms with Gasteiger partial charge in [0.1, 0.15) is 18.2 Å². The minimum Gasteiger partial charge on any atom is -0.432 e. The molecule has 2 aromatic heterocycles. The molecule has 1 unspecified atom stereocenters. The molecule has 0 aliphatic rings. The first kappa shape index (κ1) is 27.2. The SMILES string of the molecule is CC(C)OC(=O)OCOP(=O)(CO[C@H](C)Cn1cnc2c(N)ncnc21)OCOC(=O)N(C)C. The van der Waals surface area contributed by atoms with Gasteiger partial charge in [-0.3, -0.25) is 13.6 Å². The number of nitrogens with two attached hydrogens (primary N) is 1. The lowest BCUT2D eigenvalue weighted by atomic mass is 10.4. The Morgan fingerprint density at radius 3 is 2.44 bits per heavy atom. The minimum atomic E-state index is -4.02. The van der Waals surface area contributed by atoms with Gasteiger partial charge < -0.3 is 34.1 Å².